The zero-order valence-electron chi connectivity index (χ0n) is 10.5. The molecule has 0 radical (unpaired) electrons. The van der Waals surface area contributed by atoms with Gasteiger partial charge in [-0.15, -0.1) is 0 Å². The number of benzene rings is 1. The average Bonchev–Trinajstić information content (AvgIpc) is 2.93. The number of rotatable bonds is 3. The van der Waals surface area contributed by atoms with Crippen LogP contribution in [0.25, 0.3) is 0 Å². The van der Waals surface area contributed by atoms with Crippen molar-refractivity contribution in [3.8, 4) is 0 Å². The van der Waals surface area contributed by atoms with Crippen LogP contribution in [0.4, 0.5) is 0 Å². The monoisotopic (exact) mass is 260 g/mol. The van der Waals surface area contributed by atoms with E-state index in [9.17, 15) is 9.59 Å². The molecule has 0 spiro atoms. The van der Waals surface area contributed by atoms with Gasteiger partial charge in [-0.25, -0.2) is 0 Å². The lowest BCUT2D eigenvalue weighted by Gasteiger charge is -2.23. The highest BCUT2D eigenvalue weighted by Crippen LogP contribution is 2.41. The van der Waals surface area contributed by atoms with Crippen LogP contribution in [0.2, 0.25) is 0 Å². The smallest absolute Gasteiger partial charge is 0.225 e. The lowest BCUT2D eigenvalue weighted by atomic mass is 9.97. The first-order valence-electron chi connectivity index (χ1n) is 6.43. The number of nitrogens with zero attached hydrogens (tertiary/aromatic N) is 1. The third-order valence-corrected chi connectivity index (χ3v) is 3.85. The normalized spacial score (nSPS) is 29.6. The summed E-state index contributed by atoms with van der Waals surface area (Å²) in [6.45, 7) is 0.475. The summed E-state index contributed by atoms with van der Waals surface area (Å²) < 4.78 is 5.74. The topological polar surface area (TPSA) is 72.6 Å². The second-order valence-corrected chi connectivity index (χ2v) is 5.10. The maximum atomic E-state index is 12.1. The summed E-state index contributed by atoms with van der Waals surface area (Å²) in [5, 5.41) is 0. The Kier molecular flexibility index (Phi) is 2.98. The molecule has 19 heavy (non-hydrogen) atoms. The van der Waals surface area contributed by atoms with E-state index in [2.05, 4.69) is 0 Å². The lowest BCUT2D eigenvalue weighted by molar-refractivity contribution is -0.134. The number of amides is 2. The highest BCUT2D eigenvalue weighted by atomic mass is 16.5. The molecule has 100 valence electrons. The molecule has 2 aliphatic rings. The number of nitrogens with two attached hydrogens (primary N) is 1. The van der Waals surface area contributed by atoms with Crippen molar-refractivity contribution >= 4 is 11.8 Å². The van der Waals surface area contributed by atoms with Gasteiger partial charge in [-0.2, -0.15) is 0 Å². The first-order chi connectivity index (χ1) is 9.16. The minimum atomic E-state index is -0.359. The molecule has 0 aliphatic carbocycles. The molecule has 2 heterocycles. The molecule has 2 saturated heterocycles. The summed E-state index contributed by atoms with van der Waals surface area (Å²) in [7, 11) is 0. The predicted octanol–water partition coefficient (Wildman–Crippen LogP) is 0.808. The number of primary amides is 1. The van der Waals surface area contributed by atoms with Gasteiger partial charge in [0.2, 0.25) is 11.8 Å². The molecule has 2 N–H and O–H groups in total. The summed E-state index contributed by atoms with van der Waals surface area (Å²) in [5.41, 5.74) is 6.21. The summed E-state index contributed by atoms with van der Waals surface area (Å²) in [4.78, 5) is 24.9. The molecule has 5 heteroatoms. The summed E-state index contributed by atoms with van der Waals surface area (Å²) >= 11 is 0. The van der Waals surface area contributed by atoms with Crippen molar-refractivity contribution in [1.82, 2.24) is 4.90 Å². The lowest BCUT2D eigenvalue weighted by Crippen LogP contribution is -2.33. The first kappa shape index (κ1) is 12.2. The van der Waals surface area contributed by atoms with Crippen molar-refractivity contribution in [2.75, 3.05) is 6.61 Å². The fourth-order valence-corrected chi connectivity index (χ4v) is 3.01. The van der Waals surface area contributed by atoms with Gasteiger partial charge in [0.25, 0.3) is 0 Å². The minimum Gasteiger partial charge on any atom is -0.370 e. The minimum absolute atomic E-state index is 0.0151. The zero-order chi connectivity index (χ0) is 13.4. The van der Waals surface area contributed by atoms with Crippen molar-refractivity contribution in [1.29, 1.82) is 0 Å². The second kappa shape index (κ2) is 4.66. The Balaban J connectivity index is 1.83. The van der Waals surface area contributed by atoms with Gasteiger partial charge in [0.1, 0.15) is 0 Å². The van der Waals surface area contributed by atoms with E-state index in [1.54, 1.807) is 4.90 Å². The average molecular weight is 260 g/mol. The summed E-state index contributed by atoms with van der Waals surface area (Å²) in [6.07, 6.45) is 0.314. The molecule has 2 fully saturated rings. The Morgan fingerprint density at radius 3 is 2.79 bits per heavy atom. The Hall–Kier alpha value is -1.88. The first-order valence-corrected chi connectivity index (χ1v) is 6.43. The van der Waals surface area contributed by atoms with Gasteiger partial charge in [0.05, 0.1) is 12.6 Å². The molecule has 3 rings (SSSR count). The van der Waals surface area contributed by atoms with E-state index < -0.39 is 0 Å². The molecule has 2 aliphatic heterocycles. The zero-order valence-corrected chi connectivity index (χ0v) is 10.5. The molecule has 1 aromatic rings. The van der Waals surface area contributed by atoms with E-state index in [1.165, 1.54) is 0 Å². The van der Waals surface area contributed by atoms with Gasteiger partial charge in [0.15, 0.2) is 6.23 Å². The van der Waals surface area contributed by atoms with E-state index in [0.29, 0.717) is 13.0 Å². The largest absolute Gasteiger partial charge is 0.370 e. The number of hydrogen-bond donors (Lipinski definition) is 1. The Morgan fingerprint density at radius 1 is 1.37 bits per heavy atom. The van der Waals surface area contributed by atoms with E-state index >= 15 is 0 Å². The van der Waals surface area contributed by atoms with Crippen LogP contribution in [0.5, 0.6) is 0 Å². The number of hydrogen-bond acceptors (Lipinski definition) is 3. The highest BCUT2D eigenvalue weighted by molar-refractivity contribution is 5.82. The molecular formula is C14H16N2O3. The SMILES string of the molecule is NC(=O)C[C@H]1CC(=O)N2[C@@H](c3ccccc3)OC[C@H]12. The predicted molar refractivity (Wildman–Crippen MR) is 67.7 cm³/mol. The van der Waals surface area contributed by atoms with Crippen LogP contribution in [-0.2, 0) is 14.3 Å². The van der Waals surface area contributed by atoms with E-state index in [0.717, 1.165) is 5.56 Å². The van der Waals surface area contributed by atoms with E-state index in [1.807, 2.05) is 30.3 Å². The third kappa shape index (κ3) is 2.10. The number of ether oxygens (including phenoxy) is 1. The molecular weight excluding hydrogens is 244 g/mol. The Morgan fingerprint density at radius 2 is 2.11 bits per heavy atom. The van der Waals surface area contributed by atoms with Gasteiger partial charge in [-0.3, -0.25) is 9.59 Å². The van der Waals surface area contributed by atoms with Crippen LogP contribution in [0, 0.1) is 5.92 Å². The fraction of sp³-hybridized carbons (Fsp3) is 0.429. The van der Waals surface area contributed by atoms with Gasteiger partial charge >= 0.3 is 0 Å². The molecule has 0 bridgehead atoms. The Bertz CT molecular complexity index is 503. The van der Waals surface area contributed by atoms with Crippen LogP contribution in [0.15, 0.2) is 30.3 Å². The van der Waals surface area contributed by atoms with Crippen molar-refractivity contribution < 1.29 is 14.3 Å². The number of carbonyl (C=O) groups is 2. The molecule has 3 atom stereocenters. The van der Waals surface area contributed by atoms with Gasteiger partial charge in [-0.1, -0.05) is 30.3 Å². The van der Waals surface area contributed by atoms with Gasteiger partial charge in [-0.05, 0) is 5.92 Å². The highest BCUT2D eigenvalue weighted by Gasteiger charge is 2.48. The standard InChI is InChI=1S/C14H16N2O3/c15-12(17)6-10-7-13(18)16-11(10)8-19-14(16)9-4-2-1-3-5-9/h1-5,10-11,14H,6-8H2,(H2,15,17)/t10-,11+,14+/m0/s1. The summed E-state index contributed by atoms with van der Waals surface area (Å²) in [6, 6.07) is 9.65. The fourth-order valence-electron chi connectivity index (χ4n) is 3.01. The van der Waals surface area contributed by atoms with Crippen LogP contribution in [0.3, 0.4) is 0 Å². The third-order valence-electron chi connectivity index (χ3n) is 3.85. The quantitative estimate of drug-likeness (QED) is 0.874. The molecule has 0 unspecified atom stereocenters. The second-order valence-electron chi connectivity index (χ2n) is 5.10. The van der Waals surface area contributed by atoms with Crippen molar-refractivity contribution in [2.45, 2.75) is 25.1 Å². The molecule has 2 amide bonds. The molecule has 1 aromatic carbocycles. The van der Waals surface area contributed by atoms with Crippen molar-refractivity contribution in [3.05, 3.63) is 35.9 Å². The maximum absolute atomic E-state index is 12.1. The van der Waals surface area contributed by atoms with Crippen LogP contribution in [-0.4, -0.2) is 29.4 Å². The van der Waals surface area contributed by atoms with E-state index in [-0.39, 0.29) is 36.4 Å². The van der Waals surface area contributed by atoms with Gasteiger partial charge in [0, 0.05) is 18.4 Å². The molecule has 0 aromatic heterocycles. The van der Waals surface area contributed by atoms with Crippen molar-refractivity contribution in [3.63, 3.8) is 0 Å². The maximum Gasteiger partial charge on any atom is 0.225 e. The number of fused-ring (bicyclic) bond motifs is 1. The molecule has 0 saturated carbocycles. The van der Waals surface area contributed by atoms with Crippen LogP contribution >= 0.6 is 0 Å². The van der Waals surface area contributed by atoms with Crippen LogP contribution < -0.4 is 5.73 Å². The number of carbonyl (C=O) groups excluding carboxylic acids is 2. The van der Waals surface area contributed by atoms with E-state index in [4.69, 9.17) is 10.5 Å². The van der Waals surface area contributed by atoms with Crippen LogP contribution in [0.1, 0.15) is 24.6 Å². The van der Waals surface area contributed by atoms with Gasteiger partial charge < -0.3 is 15.4 Å². The van der Waals surface area contributed by atoms with Crippen molar-refractivity contribution in [2.24, 2.45) is 11.7 Å². The molecule has 5 nitrogen and oxygen atoms in total. The Labute approximate surface area is 111 Å². The summed E-state index contributed by atoms with van der Waals surface area (Å²) in [5.74, 6) is -0.330.